The Labute approximate surface area is 184 Å². The van der Waals surface area contributed by atoms with Crippen molar-refractivity contribution < 1.29 is 7.65 Å². The SMILES string of the molecule is CN(C)C(=O)N[C@H]1CCC2(CCN([C@@H]3C[C@@H]4CCC5CC54C3)CC2)c2ccccc21.[HH].[HH]. The van der Waals surface area contributed by atoms with Crippen LogP contribution in [0.15, 0.2) is 24.3 Å². The zero-order chi connectivity index (χ0) is 20.5. The zero-order valence-electron chi connectivity index (χ0n) is 18.7. The Balaban J connectivity index is 0.00000122. The summed E-state index contributed by atoms with van der Waals surface area (Å²) in [6, 6.07) is 9.99. The maximum Gasteiger partial charge on any atom is 0.317 e. The molecule has 30 heavy (non-hydrogen) atoms. The first-order chi connectivity index (χ1) is 14.5. The molecule has 0 bridgehead atoms. The lowest BCUT2D eigenvalue weighted by atomic mass is 9.63. The first-order valence-electron chi connectivity index (χ1n) is 12.3. The molecule has 1 aromatic carbocycles. The molecule has 1 aromatic rings. The molecule has 2 spiro atoms. The highest BCUT2D eigenvalue weighted by Crippen LogP contribution is 2.73. The second-order valence-corrected chi connectivity index (χ2v) is 11.3. The number of piperidine rings is 1. The van der Waals surface area contributed by atoms with E-state index in [-0.39, 0.29) is 14.9 Å². The van der Waals surface area contributed by atoms with E-state index in [0.717, 1.165) is 29.7 Å². The Morgan fingerprint density at radius 2 is 1.83 bits per heavy atom. The summed E-state index contributed by atoms with van der Waals surface area (Å²) >= 11 is 0. The molecule has 4 fully saturated rings. The number of hydrogen-bond donors (Lipinski definition) is 1. The number of fused-ring (bicyclic) bond motifs is 2. The molecule has 1 saturated heterocycles. The van der Waals surface area contributed by atoms with Crippen LogP contribution in [0.2, 0.25) is 0 Å². The van der Waals surface area contributed by atoms with Crippen LogP contribution in [0, 0.1) is 17.3 Å². The highest BCUT2D eigenvalue weighted by Gasteiger charge is 2.66. The number of amides is 2. The van der Waals surface area contributed by atoms with Gasteiger partial charge in [-0.2, -0.15) is 0 Å². The van der Waals surface area contributed by atoms with Crippen molar-refractivity contribution in [2.75, 3.05) is 27.2 Å². The van der Waals surface area contributed by atoms with Gasteiger partial charge in [-0.05, 0) is 105 Å². The Kier molecular flexibility index (Phi) is 4.29. The molecule has 166 valence electrons. The molecule has 1 N–H and O–H groups in total. The summed E-state index contributed by atoms with van der Waals surface area (Å²) in [5.74, 6) is 2.16. The number of nitrogens with zero attached hydrogens (tertiary/aromatic N) is 2. The van der Waals surface area contributed by atoms with Crippen molar-refractivity contribution in [1.82, 2.24) is 15.1 Å². The van der Waals surface area contributed by atoms with Crippen molar-refractivity contribution in [3.05, 3.63) is 35.4 Å². The average molecular weight is 412 g/mol. The number of likely N-dealkylation sites (tertiary alicyclic amines) is 1. The van der Waals surface area contributed by atoms with Crippen molar-refractivity contribution in [2.24, 2.45) is 17.3 Å². The number of carbonyl (C=O) groups excluding carboxylic acids is 1. The quantitative estimate of drug-likeness (QED) is 0.726. The summed E-state index contributed by atoms with van der Waals surface area (Å²) in [6.07, 6.45) is 12.4. The molecule has 2 unspecified atom stereocenters. The Hall–Kier alpha value is -1.55. The Morgan fingerprint density at radius 1 is 1.07 bits per heavy atom. The summed E-state index contributed by atoms with van der Waals surface area (Å²) in [7, 11) is 3.64. The fraction of sp³-hybridized carbons (Fsp3) is 0.731. The van der Waals surface area contributed by atoms with Crippen LogP contribution in [0.25, 0.3) is 0 Å². The monoisotopic (exact) mass is 411 g/mol. The summed E-state index contributed by atoms with van der Waals surface area (Å²) < 4.78 is 0. The smallest absolute Gasteiger partial charge is 0.317 e. The normalized spacial score (nSPS) is 38.6. The van der Waals surface area contributed by atoms with E-state index in [4.69, 9.17) is 0 Å². The zero-order valence-corrected chi connectivity index (χ0v) is 18.7. The molecule has 5 atom stereocenters. The number of nitrogens with one attached hydrogen (secondary N) is 1. The third-order valence-electron chi connectivity index (χ3n) is 9.92. The fourth-order valence-electron chi connectivity index (χ4n) is 8.14. The predicted octanol–water partition coefficient (Wildman–Crippen LogP) is 5.20. The number of carbonyl (C=O) groups is 1. The molecule has 4 aliphatic carbocycles. The van der Waals surface area contributed by atoms with Crippen LogP contribution in [-0.2, 0) is 5.41 Å². The Bertz CT molecular complexity index is 853. The van der Waals surface area contributed by atoms with Gasteiger partial charge in [-0.1, -0.05) is 24.3 Å². The van der Waals surface area contributed by atoms with Gasteiger partial charge in [0.2, 0.25) is 0 Å². The minimum absolute atomic E-state index is 0. The van der Waals surface area contributed by atoms with E-state index in [0.29, 0.717) is 5.41 Å². The third-order valence-corrected chi connectivity index (χ3v) is 9.92. The van der Waals surface area contributed by atoms with Crippen molar-refractivity contribution in [3.63, 3.8) is 0 Å². The van der Waals surface area contributed by atoms with Crippen molar-refractivity contribution in [1.29, 1.82) is 0 Å². The molecule has 1 heterocycles. The molecular weight excluding hydrogens is 370 g/mol. The fourth-order valence-corrected chi connectivity index (χ4v) is 8.14. The molecule has 2 amide bonds. The summed E-state index contributed by atoms with van der Waals surface area (Å²) in [6.45, 7) is 2.53. The topological polar surface area (TPSA) is 35.6 Å². The molecule has 5 aliphatic rings. The van der Waals surface area contributed by atoms with E-state index in [1.165, 1.54) is 69.2 Å². The second-order valence-electron chi connectivity index (χ2n) is 11.3. The lowest BCUT2D eigenvalue weighted by Crippen LogP contribution is -2.49. The predicted molar refractivity (Wildman–Crippen MR) is 124 cm³/mol. The lowest BCUT2D eigenvalue weighted by Gasteiger charge is -2.48. The molecule has 0 radical (unpaired) electrons. The van der Waals surface area contributed by atoms with E-state index >= 15 is 0 Å². The summed E-state index contributed by atoms with van der Waals surface area (Å²) in [5, 5.41) is 3.26. The van der Waals surface area contributed by atoms with E-state index in [9.17, 15) is 4.79 Å². The van der Waals surface area contributed by atoms with Gasteiger partial charge in [0, 0.05) is 23.0 Å². The first kappa shape index (κ1) is 19.2. The molecule has 1 aliphatic heterocycles. The summed E-state index contributed by atoms with van der Waals surface area (Å²) in [4.78, 5) is 16.8. The van der Waals surface area contributed by atoms with Gasteiger partial charge in [0.15, 0.2) is 0 Å². The van der Waals surface area contributed by atoms with Crippen LogP contribution in [0.4, 0.5) is 4.79 Å². The van der Waals surface area contributed by atoms with E-state index in [1.54, 1.807) is 11.3 Å². The molecule has 4 heteroatoms. The number of rotatable bonds is 2. The van der Waals surface area contributed by atoms with Gasteiger partial charge in [0.25, 0.3) is 0 Å². The van der Waals surface area contributed by atoms with Gasteiger partial charge in [-0.15, -0.1) is 0 Å². The van der Waals surface area contributed by atoms with E-state index < -0.39 is 0 Å². The van der Waals surface area contributed by atoms with Gasteiger partial charge in [0.1, 0.15) is 0 Å². The van der Waals surface area contributed by atoms with Crippen LogP contribution in [0.3, 0.4) is 0 Å². The molecule has 6 rings (SSSR count). The number of urea groups is 1. The number of hydrogen-bond acceptors (Lipinski definition) is 2. The highest BCUT2D eigenvalue weighted by atomic mass is 16.2. The van der Waals surface area contributed by atoms with Crippen LogP contribution in [-0.4, -0.2) is 49.1 Å². The van der Waals surface area contributed by atoms with Crippen LogP contribution in [0.1, 0.15) is 77.8 Å². The highest BCUT2D eigenvalue weighted by molar-refractivity contribution is 5.74. The standard InChI is InChI=1S/C26H37N3O.2H2/c1-28(2)24(30)27-23-9-10-25(22-6-4-3-5-21(22)23)11-13-29(14-12-25)20-15-18-7-8-19-16-26(18,19)17-20;;/h3-6,18-20,23H,7-17H2,1-2H3,(H,27,30);2*1H/t18-,19?,20+,23-,26?;;/m0../s1. The van der Waals surface area contributed by atoms with Crippen molar-refractivity contribution >= 4 is 6.03 Å². The van der Waals surface area contributed by atoms with Crippen molar-refractivity contribution in [3.8, 4) is 0 Å². The number of benzene rings is 1. The first-order valence-corrected chi connectivity index (χ1v) is 12.3. The van der Waals surface area contributed by atoms with Crippen LogP contribution >= 0.6 is 0 Å². The van der Waals surface area contributed by atoms with Gasteiger partial charge in [-0.25, -0.2) is 4.79 Å². The van der Waals surface area contributed by atoms with Crippen LogP contribution in [0.5, 0.6) is 0 Å². The lowest BCUT2D eigenvalue weighted by molar-refractivity contribution is 0.0987. The second kappa shape index (κ2) is 6.72. The van der Waals surface area contributed by atoms with Gasteiger partial charge < -0.3 is 15.1 Å². The minimum atomic E-state index is 0. The average Bonchev–Trinajstić information content (AvgIpc) is 3.15. The van der Waals surface area contributed by atoms with E-state index in [1.807, 2.05) is 14.1 Å². The maximum atomic E-state index is 12.3. The van der Waals surface area contributed by atoms with Gasteiger partial charge >= 0.3 is 6.03 Å². The largest absolute Gasteiger partial charge is 0.331 e. The van der Waals surface area contributed by atoms with Gasteiger partial charge in [0.05, 0.1) is 6.04 Å². The Morgan fingerprint density at radius 3 is 2.57 bits per heavy atom. The van der Waals surface area contributed by atoms with Crippen LogP contribution < -0.4 is 5.32 Å². The molecule has 3 saturated carbocycles. The third kappa shape index (κ3) is 2.78. The maximum absolute atomic E-state index is 12.3. The van der Waals surface area contributed by atoms with Crippen molar-refractivity contribution in [2.45, 2.75) is 75.3 Å². The minimum Gasteiger partial charge on any atom is -0.331 e. The summed E-state index contributed by atoms with van der Waals surface area (Å²) in [5.41, 5.74) is 4.00. The molecule has 0 aromatic heterocycles. The van der Waals surface area contributed by atoms with Gasteiger partial charge in [-0.3, -0.25) is 0 Å². The molecular formula is C26H41N3O. The molecule has 4 nitrogen and oxygen atoms in total. The van der Waals surface area contributed by atoms with E-state index in [2.05, 4.69) is 34.5 Å².